The van der Waals surface area contributed by atoms with Crippen LogP contribution in [0.1, 0.15) is 64.0 Å². The van der Waals surface area contributed by atoms with E-state index in [9.17, 15) is 54.8 Å². The van der Waals surface area contributed by atoms with Crippen molar-refractivity contribution in [1.29, 1.82) is 0 Å². The summed E-state index contributed by atoms with van der Waals surface area (Å²) in [6.45, 7) is 14.4. The lowest BCUT2D eigenvalue weighted by atomic mass is 10.1. The molecule has 7 rings (SSSR count). The number of sulfonamides is 2. The summed E-state index contributed by atoms with van der Waals surface area (Å²) in [7, 11) is -6.04. The standard InChI is InChI=1S/C39H50FN5O12S.C20H29N3O7S/c1-6-26-20-39(26,35(48)43-58(51,52)32-14-8-7-13-30(32)41-15-18-54-16-10-17-55-24-33(46)53-5)42-34(47)31-19-27(22-45(31)37(50)57-38(2,3)4)56-36(49)44-21-25-11-9-12-29(40)28(25)23-44;1-3-15-13-20(15,21)19(25)23-31(26,27)17-8-5-4-7-16(17)22-9-12-29-10-6-11-30-14-18(24)28-2/h6-9,11-14,26-27,31,41H,1,10,15-24H2,2-5H3,(H,42,47)(H,43,48);3-5,7-8,15,22H,1,6,9-14,21H2,2H3,(H,23,25)/t26-,27-,31+,39-;15-,20-/m11/s1. The molecule has 3 fully saturated rings. The van der Waals surface area contributed by atoms with E-state index in [1.54, 1.807) is 63.2 Å². The summed E-state index contributed by atoms with van der Waals surface area (Å²) in [4.78, 5) is 90.9. The minimum absolute atomic E-state index is 0.0102. The number of carbonyl (C=O) groups is 7. The summed E-state index contributed by atoms with van der Waals surface area (Å²) in [6, 6.07) is 15.5. The number of ether oxygens (including phenoxy) is 8. The number of halogens is 1. The van der Waals surface area contributed by atoms with Crippen LogP contribution in [0.2, 0.25) is 0 Å². The van der Waals surface area contributed by atoms with Crippen molar-refractivity contribution in [3.05, 3.63) is 109 Å². The molecule has 488 valence electrons. The van der Waals surface area contributed by atoms with Crippen molar-refractivity contribution in [2.24, 2.45) is 17.6 Å². The van der Waals surface area contributed by atoms with E-state index in [1.165, 1.54) is 55.5 Å². The fourth-order valence-corrected chi connectivity index (χ4v) is 11.9. The molecule has 30 heteroatoms. The Morgan fingerprint density at radius 3 is 1.71 bits per heavy atom. The van der Waals surface area contributed by atoms with E-state index < -0.39 is 102 Å². The number of anilines is 2. The Hall–Kier alpha value is -7.74. The van der Waals surface area contributed by atoms with Gasteiger partial charge in [-0.3, -0.25) is 24.2 Å². The molecule has 27 nitrogen and oxygen atoms in total. The molecule has 2 heterocycles. The number of carbonyl (C=O) groups excluding carboxylic acids is 7. The lowest BCUT2D eigenvalue weighted by Gasteiger charge is -2.29. The number of hydrogen-bond acceptors (Lipinski definition) is 22. The number of esters is 2. The molecule has 4 aliphatic rings. The molecule has 0 radical (unpaired) electrons. The van der Waals surface area contributed by atoms with Crippen molar-refractivity contribution in [2.45, 2.75) is 105 Å². The average molecular weight is 1290 g/mol. The molecule has 0 aromatic heterocycles. The lowest BCUT2D eigenvalue weighted by molar-refractivity contribution is -0.146. The fourth-order valence-electron chi connectivity index (χ4n) is 9.49. The number of rotatable bonds is 31. The zero-order valence-electron chi connectivity index (χ0n) is 50.4. The number of amides is 5. The van der Waals surface area contributed by atoms with Gasteiger partial charge < -0.3 is 59.6 Å². The molecule has 2 saturated carbocycles. The maximum absolute atomic E-state index is 14.4. The Balaban J connectivity index is 0.000000343. The van der Waals surface area contributed by atoms with Gasteiger partial charge in [0.15, 0.2) is 0 Å². The quantitative estimate of drug-likeness (QED) is 0.0232. The highest BCUT2D eigenvalue weighted by molar-refractivity contribution is 7.90. The smallest absolute Gasteiger partial charge is 0.411 e. The number of hydrogen-bond donors (Lipinski definition) is 6. The molecule has 7 N–H and O–H groups in total. The van der Waals surface area contributed by atoms with E-state index in [-0.39, 0.29) is 86.8 Å². The van der Waals surface area contributed by atoms with Crippen molar-refractivity contribution in [3.63, 3.8) is 0 Å². The molecule has 5 amide bonds. The molecule has 0 spiro atoms. The topological polar surface area (TPSA) is 354 Å². The minimum atomic E-state index is -4.50. The molecule has 2 aliphatic heterocycles. The summed E-state index contributed by atoms with van der Waals surface area (Å²) < 4.78 is 113. The highest BCUT2D eigenvalue weighted by atomic mass is 32.2. The first kappa shape index (κ1) is 70.3. The van der Waals surface area contributed by atoms with Crippen LogP contribution in [0.15, 0.2) is 102 Å². The minimum Gasteiger partial charge on any atom is -0.467 e. The molecule has 6 atom stereocenters. The van der Waals surface area contributed by atoms with Crippen molar-refractivity contribution in [1.82, 2.24) is 24.6 Å². The van der Waals surface area contributed by atoms with Crippen LogP contribution in [0.3, 0.4) is 0 Å². The number of nitrogens with zero attached hydrogens (tertiary/aromatic N) is 2. The van der Waals surface area contributed by atoms with Crippen LogP contribution in [-0.4, -0.2) is 184 Å². The van der Waals surface area contributed by atoms with Crippen molar-refractivity contribution >= 4 is 73.3 Å². The van der Waals surface area contributed by atoms with Gasteiger partial charge in [-0.05, 0) is 82.3 Å². The number of likely N-dealkylation sites (tertiary alicyclic amines) is 1. The number of benzene rings is 3. The largest absolute Gasteiger partial charge is 0.467 e. The summed E-state index contributed by atoms with van der Waals surface area (Å²) in [5.74, 6) is -4.80. The van der Waals surface area contributed by atoms with Crippen LogP contribution in [0.5, 0.6) is 0 Å². The van der Waals surface area contributed by atoms with Gasteiger partial charge in [0.2, 0.25) is 5.91 Å². The van der Waals surface area contributed by atoms with Gasteiger partial charge in [0.1, 0.15) is 57.6 Å². The highest BCUT2D eigenvalue weighted by Gasteiger charge is 2.62. The molecule has 0 bridgehead atoms. The number of para-hydroxylation sites is 2. The van der Waals surface area contributed by atoms with Gasteiger partial charge in [0.05, 0.1) is 51.9 Å². The molecule has 1 saturated heterocycles. The Bertz CT molecular complexity index is 3280. The molecular weight excluding hydrogens is 1210 g/mol. The van der Waals surface area contributed by atoms with Gasteiger partial charge in [-0.25, -0.2) is 49.8 Å². The molecule has 89 heavy (non-hydrogen) atoms. The van der Waals surface area contributed by atoms with Crippen LogP contribution in [0.25, 0.3) is 0 Å². The zero-order valence-corrected chi connectivity index (χ0v) is 52.0. The summed E-state index contributed by atoms with van der Waals surface area (Å²) in [5.41, 5.74) is 3.60. The average Bonchev–Trinajstić information content (AvgIpc) is 1.71. The number of methoxy groups -OCH3 is 2. The van der Waals surface area contributed by atoms with Gasteiger partial charge in [-0.2, -0.15) is 0 Å². The van der Waals surface area contributed by atoms with Crippen LogP contribution in [0.4, 0.5) is 25.4 Å². The second-order valence-corrected chi connectivity index (χ2v) is 25.4. The molecule has 3 aromatic carbocycles. The van der Waals surface area contributed by atoms with Crippen molar-refractivity contribution in [2.75, 3.05) is 97.3 Å². The van der Waals surface area contributed by atoms with Crippen LogP contribution < -0.4 is 31.1 Å². The second-order valence-electron chi connectivity index (χ2n) is 22.1. The van der Waals surface area contributed by atoms with E-state index in [0.717, 1.165) is 4.90 Å². The molecular formula is C59H79FN8O19S2. The SMILES string of the molecule is C=C[C@@H]1C[C@]1(N)C(=O)NS(=O)(=O)c1ccccc1NCCOCCCOCC(=O)OC.C=C[C@@H]1C[C@]1(NC(=O)[C@@H]1C[C@@H](OC(=O)N2Cc3cccc(F)c3C2)CN1C(=O)OC(C)(C)C)C(=O)NS(=O)(=O)c1ccccc1NCCOCCCOCC(=O)OC. The monoisotopic (exact) mass is 1290 g/mol. The van der Waals surface area contributed by atoms with Crippen LogP contribution in [0, 0.1) is 17.7 Å². The molecule has 2 aliphatic carbocycles. The Morgan fingerprint density at radius 1 is 0.685 bits per heavy atom. The third-order valence-electron chi connectivity index (χ3n) is 14.4. The van der Waals surface area contributed by atoms with E-state index in [0.29, 0.717) is 69.0 Å². The summed E-state index contributed by atoms with van der Waals surface area (Å²) in [6.07, 6.45) is 1.73. The third kappa shape index (κ3) is 19.6. The predicted octanol–water partition coefficient (Wildman–Crippen LogP) is 3.63. The van der Waals surface area contributed by atoms with Gasteiger partial charge in [0.25, 0.3) is 31.9 Å². The van der Waals surface area contributed by atoms with Gasteiger partial charge >= 0.3 is 24.1 Å². The number of fused-ring (bicyclic) bond motifs is 1. The van der Waals surface area contributed by atoms with Crippen LogP contribution >= 0.6 is 0 Å². The normalized spacial score (nSPS) is 20.7. The fraction of sp³-hybridized carbons (Fsp3) is 0.508. The third-order valence-corrected chi connectivity index (χ3v) is 17.2. The maximum Gasteiger partial charge on any atom is 0.411 e. The van der Waals surface area contributed by atoms with E-state index in [4.69, 9.17) is 34.2 Å². The predicted molar refractivity (Wildman–Crippen MR) is 319 cm³/mol. The maximum atomic E-state index is 14.4. The Labute approximate surface area is 516 Å². The van der Waals surface area contributed by atoms with E-state index in [2.05, 4.69) is 48.0 Å². The van der Waals surface area contributed by atoms with Gasteiger partial charge in [0, 0.05) is 69.9 Å². The summed E-state index contributed by atoms with van der Waals surface area (Å²) in [5, 5.41) is 8.67. The second kappa shape index (κ2) is 31.6. The first-order valence-corrected chi connectivity index (χ1v) is 31.5. The number of nitrogens with two attached hydrogens (primary N) is 1. The van der Waals surface area contributed by atoms with Crippen molar-refractivity contribution in [3.8, 4) is 0 Å². The van der Waals surface area contributed by atoms with Crippen molar-refractivity contribution < 1.29 is 92.7 Å². The first-order valence-electron chi connectivity index (χ1n) is 28.5. The van der Waals surface area contributed by atoms with Gasteiger partial charge in [-0.15, -0.1) is 13.2 Å². The first-order chi connectivity index (χ1) is 42.2. The van der Waals surface area contributed by atoms with E-state index in [1.807, 2.05) is 0 Å². The van der Waals surface area contributed by atoms with Crippen LogP contribution in [-0.2, 0) is 95.0 Å². The van der Waals surface area contributed by atoms with Gasteiger partial charge in [-0.1, -0.05) is 48.6 Å². The molecule has 3 aromatic rings. The lowest BCUT2D eigenvalue weighted by Crippen LogP contribution is -2.56. The Morgan fingerprint density at radius 2 is 1.21 bits per heavy atom. The van der Waals surface area contributed by atoms with E-state index >= 15 is 0 Å². The zero-order chi connectivity index (χ0) is 65.2. The summed E-state index contributed by atoms with van der Waals surface area (Å²) >= 11 is 0. The highest BCUT2D eigenvalue weighted by Crippen LogP contribution is 2.46. The molecule has 0 unspecified atom stereocenters. The number of nitrogens with one attached hydrogen (secondary N) is 5. The Kier molecular flexibility index (Phi) is 25.0.